The molecule has 2 aromatic carbocycles. The van der Waals surface area contributed by atoms with Crippen molar-refractivity contribution in [3.63, 3.8) is 0 Å². The molecule has 3 aromatic rings. The Hall–Kier alpha value is -3.61. The van der Waals surface area contributed by atoms with E-state index in [1.54, 1.807) is 10.9 Å². The number of aromatic nitrogens is 2. The molecule has 0 radical (unpaired) electrons. The van der Waals surface area contributed by atoms with Crippen LogP contribution in [0, 0.1) is 0 Å². The first-order chi connectivity index (χ1) is 14.1. The van der Waals surface area contributed by atoms with Gasteiger partial charge in [-0.2, -0.15) is 5.10 Å². The minimum Gasteiger partial charge on any atom is -0.369 e. The van der Waals surface area contributed by atoms with Crippen molar-refractivity contribution in [3.8, 4) is 5.69 Å². The molecule has 2 amide bonds. The van der Waals surface area contributed by atoms with Gasteiger partial charge in [-0.15, -0.1) is 0 Å². The zero-order valence-electron chi connectivity index (χ0n) is 15.8. The topological polar surface area (TPSA) is 79.3 Å². The monoisotopic (exact) mass is 387 g/mol. The number of likely N-dealkylation sites (tertiary alicyclic amines) is 1. The quantitative estimate of drug-likeness (QED) is 0.709. The number of benzene rings is 2. The van der Waals surface area contributed by atoms with E-state index < -0.39 is 5.54 Å². The number of para-hydroxylation sites is 2. The normalized spacial score (nSPS) is 17.4. The van der Waals surface area contributed by atoms with Crippen molar-refractivity contribution in [1.29, 1.82) is 0 Å². The van der Waals surface area contributed by atoms with E-state index >= 15 is 0 Å². The van der Waals surface area contributed by atoms with Crippen molar-refractivity contribution in [2.45, 2.75) is 18.4 Å². The van der Waals surface area contributed by atoms with E-state index in [1.165, 1.54) is 0 Å². The van der Waals surface area contributed by atoms with Crippen molar-refractivity contribution >= 4 is 23.2 Å². The molecule has 7 heteroatoms. The number of amides is 2. The van der Waals surface area contributed by atoms with Crippen LogP contribution in [0.3, 0.4) is 0 Å². The fourth-order valence-corrected chi connectivity index (χ4v) is 4.09. The number of anilines is 2. The maximum atomic E-state index is 13.0. The van der Waals surface area contributed by atoms with Crippen LogP contribution in [0.15, 0.2) is 67.0 Å². The summed E-state index contributed by atoms with van der Waals surface area (Å²) in [6, 6.07) is 17.0. The molecule has 3 heterocycles. The van der Waals surface area contributed by atoms with Crippen LogP contribution in [-0.4, -0.2) is 45.1 Å². The van der Waals surface area contributed by atoms with Gasteiger partial charge in [-0.25, -0.2) is 4.68 Å². The van der Waals surface area contributed by atoms with Crippen LogP contribution in [0.5, 0.6) is 0 Å². The van der Waals surface area contributed by atoms with E-state index in [-0.39, 0.29) is 11.8 Å². The number of carbonyl (C=O) groups excluding carboxylic acids is 2. The van der Waals surface area contributed by atoms with Crippen LogP contribution in [-0.2, 0) is 4.79 Å². The molecule has 0 bridgehead atoms. The first-order valence-electron chi connectivity index (χ1n) is 9.73. The predicted octanol–water partition coefficient (Wildman–Crippen LogP) is 2.91. The van der Waals surface area contributed by atoms with Gasteiger partial charge in [-0.05, 0) is 49.2 Å². The second-order valence-corrected chi connectivity index (χ2v) is 7.50. The maximum absolute atomic E-state index is 13.0. The molecule has 1 aromatic heterocycles. The van der Waals surface area contributed by atoms with Crippen molar-refractivity contribution in [2.24, 2.45) is 0 Å². The van der Waals surface area contributed by atoms with Gasteiger partial charge in [0.05, 0.1) is 17.1 Å². The van der Waals surface area contributed by atoms with Gasteiger partial charge in [0.1, 0.15) is 5.54 Å². The van der Waals surface area contributed by atoms with Gasteiger partial charge in [0, 0.05) is 31.0 Å². The van der Waals surface area contributed by atoms with Crippen LogP contribution < -0.4 is 10.6 Å². The molecule has 0 saturated carbocycles. The summed E-state index contributed by atoms with van der Waals surface area (Å²) in [6.07, 6.45) is 4.69. The molecule has 2 N–H and O–H groups in total. The van der Waals surface area contributed by atoms with Gasteiger partial charge in [-0.1, -0.05) is 18.2 Å². The molecule has 7 nitrogen and oxygen atoms in total. The molecule has 1 spiro atoms. The molecule has 1 fully saturated rings. The Kier molecular flexibility index (Phi) is 4.08. The lowest BCUT2D eigenvalue weighted by molar-refractivity contribution is -0.122. The van der Waals surface area contributed by atoms with Crippen molar-refractivity contribution in [2.75, 3.05) is 23.7 Å². The third-order valence-corrected chi connectivity index (χ3v) is 5.75. The number of piperidine rings is 1. The lowest BCUT2D eigenvalue weighted by Crippen LogP contribution is -2.59. The molecule has 146 valence electrons. The van der Waals surface area contributed by atoms with E-state index in [0.29, 0.717) is 31.5 Å². The van der Waals surface area contributed by atoms with Gasteiger partial charge >= 0.3 is 0 Å². The highest BCUT2D eigenvalue weighted by Gasteiger charge is 2.45. The number of fused-ring (bicyclic) bond motifs is 1. The molecule has 2 aliphatic rings. The van der Waals surface area contributed by atoms with E-state index in [4.69, 9.17) is 0 Å². The molecular formula is C22H21N5O2. The Morgan fingerprint density at radius 1 is 1.00 bits per heavy atom. The Labute approximate surface area is 168 Å². The molecule has 0 aliphatic carbocycles. The minimum absolute atomic E-state index is 0.0227. The second-order valence-electron chi connectivity index (χ2n) is 7.50. The SMILES string of the molecule is O=C(c1cccc(-n2cccn2)c1)N1CCC2(CC1)Nc1ccccc1NC2=O. The highest BCUT2D eigenvalue weighted by Crippen LogP contribution is 2.36. The molecule has 29 heavy (non-hydrogen) atoms. The largest absolute Gasteiger partial charge is 0.369 e. The first kappa shape index (κ1) is 17.5. The number of nitrogens with zero attached hydrogens (tertiary/aromatic N) is 3. The fraction of sp³-hybridized carbons (Fsp3) is 0.227. The van der Waals surface area contributed by atoms with Crippen LogP contribution in [0.2, 0.25) is 0 Å². The Morgan fingerprint density at radius 2 is 1.79 bits per heavy atom. The van der Waals surface area contributed by atoms with E-state index in [0.717, 1.165) is 17.1 Å². The van der Waals surface area contributed by atoms with Gasteiger partial charge in [0.2, 0.25) is 5.91 Å². The van der Waals surface area contributed by atoms with Crippen LogP contribution in [0.25, 0.3) is 5.69 Å². The molecule has 5 rings (SSSR count). The van der Waals surface area contributed by atoms with Crippen LogP contribution >= 0.6 is 0 Å². The summed E-state index contributed by atoms with van der Waals surface area (Å²) in [6.45, 7) is 1.04. The summed E-state index contributed by atoms with van der Waals surface area (Å²) in [4.78, 5) is 27.6. The molecule has 2 aliphatic heterocycles. The van der Waals surface area contributed by atoms with Crippen LogP contribution in [0.4, 0.5) is 11.4 Å². The van der Waals surface area contributed by atoms with Crippen LogP contribution in [0.1, 0.15) is 23.2 Å². The van der Waals surface area contributed by atoms with Crippen molar-refractivity contribution in [3.05, 3.63) is 72.6 Å². The lowest BCUT2D eigenvalue weighted by Gasteiger charge is -2.44. The van der Waals surface area contributed by atoms with Gasteiger partial charge in [0.15, 0.2) is 0 Å². The van der Waals surface area contributed by atoms with E-state index in [9.17, 15) is 9.59 Å². The summed E-state index contributed by atoms with van der Waals surface area (Å²) in [5.41, 5.74) is 2.54. The number of nitrogens with one attached hydrogen (secondary N) is 2. The number of carbonyl (C=O) groups is 2. The Balaban J connectivity index is 1.32. The first-order valence-corrected chi connectivity index (χ1v) is 9.73. The molecule has 0 atom stereocenters. The Morgan fingerprint density at radius 3 is 2.55 bits per heavy atom. The summed E-state index contributed by atoms with van der Waals surface area (Å²) in [5.74, 6) is -0.0468. The minimum atomic E-state index is -0.665. The van der Waals surface area contributed by atoms with Crippen molar-refractivity contribution in [1.82, 2.24) is 14.7 Å². The number of rotatable bonds is 2. The predicted molar refractivity (Wildman–Crippen MR) is 110 cm³/mol. The maximum Gasteiger partial charge on any atom is 0.253 e. The second kappa shape index (κ2) is 6.77. The Bertz CT molecular complexity index is 1070. The summed E-state index contributed by atoms with van der Waals surface area (Å²) < 4.78 is 1.73. The average molecular weight is 387 g/mol. The standard InChI is InChI=1S/C22H21N5O2/c28-20(16-5-3-6-17(15-16)27-12-4-11-23-27)26-13-9-22(10-14-26)21(29)24-18-7-1-2-8-19(18)25-22/h1-8,11-12,15,25H,9-10,13-14H2,(H,24,29). The molecule has 0 unspecified atom stereocenters. The molecular weight excluding hydrogens is 366 g/mol. The highest BCUT2D eigenvalue weighted by molar-refractivity contribution is 6.06. The molecule has 1 saturated heterocycles. The third-order valence-electron chi connectivity index (χ3n) is 5.75. The summed E-state index contributed by atoms with van der Waals surface area (Å²) >= 11 is 0. The van der Waals surface area contributed by atoms with Gasteiger partial charge < -0.3 is 15.5 Å². The van der Waals surface area contributed by atoms with Crippen molar-refractivity contribution < 1.29 is 9.59 Å². The highest BCUT2D eigenvalue weighted by atomic mass is 16.2. The van der Waals surface area contributed by atoms with Gasteiger partial charge in [-0.3, -0.25) is 9.59 Å². The smallest absolute Gasteiger partial charge is 0.253 e. The number of hydrogen-bond acceptors (Lipinski definition) is 4. The zero-order chi connectivity index (χ0) is 19.8. The summed E-state index contributed by atoms with van der Waals surface area (Å²) in [5, 5.41) is 10.7. The van der Waals surface area contributed by atoms with E-state index in [2.05, 4.69) is 15.7 Å². The van der Waals surface area contributed by atoms with Gasteiger partial charge in [0.25, 0.3) is 5.91 Å². The fourth-order valence-electron chi connectivity index (χ4n) is 4.09. The summed E-state index contributed by atoms with van der Waals surface area (Å²) in [7, 11) is 0. The zero-order valence-corrected chi connectivity index (χ0v) is 15.8. The number of hydrogen-bond donors (Lipinski definition) is 2. The third kappa shape index (κ3) is 3.04. The van der Waals surface area contributed by atoms with E-state index in [1.807, 2.05) is 65.7 Å². The average Bonchev–Trinajstić information content (AvgIpc) is 3.30. The lowest BCUT2D eigenvalue weighted by atomic mass is 9.84.